The number of morpholine rings is 1. The van der Waals surface area contributed by atoms with Crippen molar-refractivity contribution in [3.05, 3.63) is 24.3 Å². The molecule has 6 nitrogen and oxygen atoms in total. The highest BCUT2D eigenvalue weighted by Crippen LogP contribution is 2.52. The monoisotopic (exact) mass is 344 g/mol. The number of carbonyl (C=O) groups excluding carboxylic acids is 1. The summed E-state index contributed by atoms with van der Waals surface area (Å²) in [7, 11) is 0. The third kappa shape index (κ3) is 3.11. The molecule has 4 atom stereocenters. The molecule has 0 radical (unpaired) electrons. The van der Waals surface area contributed by atoms with Crippen molar-refractivity contribution in [2.45, 2.75) is 19.3 Å². The highest BCUT2D eigenvalue weighted by Gasteiger charge is 2.53. The van der Waals surface area contributed by atoms with Gasteiger partial charge in [0.1, 0.15) is 0 Å². The molecular formula is C19H24N2O4. The SMILES string of the molecule is O=C(O)[C@H]1[C@H]2CC[C@@H](C2)[C@@H]1C(=O)Nc1ccc(N2CCOCC2)cc1. The van der Waals surface area contributed by atoms with E-state index in [0.717, 1.165) is 56.9 Å². The lowest BCUT2D eigenvalue weighted by molar-refractivity contribution is -0.148. The van der Waals surface area contributed by atoms with Gasteiger partial charge in [-0.1, -0.05) is 0 Å². The van der Waals surface area contributed by atoms with Crippen molar-refractivity contribution in [1.29, 1.82) is 0 Å². The summed E-state index contributed by atoms with van der Waals surface area (Å²) in [6, 6.07) is 7.78. The zero-order chi connectivity index (χ0) is 17.4. The van der Waals surface area contributed by atoms with E-state index in [-0.39, 0.29) is 17.7 Å². The smallest absolute Gasteiger partial charge is 0.307 e. The van der Waals surface area contributed by atoms with Crippen LogP contribution in [-0.2, 0) is 14.3 Å². The van der Waals surface area contributed by atoms with Crippen LogP contribution in [0.5, 0.6) is 0 Å². The maximum atomic E-state index is 12.7. The molecule has 1 aromatic rings. The molecule has 6 heteroatoms. The Bertz CT molecular complexity index is 654. The molecule has 2 saturated carbocycles. The van der Waals surface area contributed by atoms with Crippen LogP contribution in [0.2, 0.25) is 0 Å². The van der Waals surface area contributed by atoms with Crippen LogP contribution < -0.4 is 10.2 Å². The first-order valence-corrected chi connectivity index (χ1v) is 9.10. The van der Waals surface area contributed by atoms with Crippen LogP contribution in [0.15, 0.2) is 24.3 Å². The summed E-state index contributed by atoms with van der Waals surface area (Å²) < 4.78 is 5.36. The van der Waals surface area contributed by atoms with Crippen molar-refractivity contribution in [3.8, 4) is 0 Å². The van der Waals surface area contributed by atoms with Crippen molar-refractivity contribution in [2.24, 2.45) is 23.7 Å². The highest BCUT2D eigenvalue weighted by molar-refractivity contribution is 5.96. The van der Waals surface area contributed by atoms with E-state index >= 15 is 0 Å². The first-order valence-electron chi connectivity index (χ1n) is 9.10. The molecule has 1 saturated heterocycles. The van der Waals surface area contributed by atoms with Gasteiger partial charge in [-0.2, -0.15) is 0 Å². The van der Waals surface area contributed by atoms with Crippen molar-refractivity contribution in [2.75, 3.05) is 36.5 Å². The Kier molecular flexibility index (Phi) is 4.37. The Hall–Kier alpha value is -2.08. The van der Waals surface area contributed by atoms with Crippen molar-refractivity contribution in [3.63, 3.8) is 0 Å². The van der Waals surface area contributed by atoms with E-state index in [2.05, 4.69) is 10.2 Å². The van der Waals surface area contributed by atoms with E-state index < -0.39 is 17.8 Å². The normalized spacial score (nSPS) is 31.1. The van der Waals surface area contributed by atoms with Gasteiger partial charge < -0.3 is 20.1 Å². The van der Waals surface area contributed by atoms with Gasteiger partial charge in [0.05, 0.1) is 25.0 Å². The number of fused-ring (bicyclic) bond motifs is 2. The van der Waals surface area contributed by atoms with E-state index in [4.69, 9.17) is 4.74 Å². The zero-order valence-electron chi connectivity index (χ0n) is 14.2. The first kappa shape index (κ1) is 16.4. The third-order valence-corrected chi connectivity index (χ3v) is 6.02. The van der Waals surface area contributed by atoms with Crippen molar-refractivity contribution in [1.82, 2.24) is 0 Å². The van der Waals surface area contributed by atoms with Gasteiger partial charge in [0, 0.05) is 24.5 Å². The summed E-state index contributed by atoms with van der Waals surface area (Å²) >= 11 is 0. The number of ether oxygens (including phenoxy) is 1. The zero-order valence-corrected chi connectivity index (χ0v) is 14.2. The lowest BCUT2D eigenvalue weighted by Gasteiger charge is -2.29. The van der Waals surface area contributed by atoms with Crippen LogP contribution in [0.3, 0.4) is 0 Å². The fourth-order valence-electron chi connectivity index (χ4n) is 4.83. The molecule has 134 valence electrons. The molecule has 3 aliphatic rings. The largest absolute Gasteiger partial charge is 0.481 e. The molecule has 1 aromatic carbocycles. The lowest BCUT2D eigenvalue weighted by atomic mass is 9.78. The van der Waals surface area contributed by atoms with E-state index in [0.29, 0.717) is 0 Å². The van der Waals surface area contributed by atoms with Gasteiger partial charge in [-0.05, 0) is 55.4 Å². The van der Waals surface area contributed by atoms with E-state index in [1.807, 2.05) is 24.3 Å². The fraction of sp³-hybridized carbons (Fsp3) is 0.579. The summed E-state index contributed by atoms with van der Waals surface area (Å²) in [5, 5.41) is 12.4. The van der Waals surface area contributed by atoms with Crippen LogP contribution in [0.1, 0.15) is 19.3 Å². The van der Waals surface area contributed by atoms with E-state index in [9.17, 15) is 14.7 Å². The van der Waals surface area contributed by atoms with Crippen molar-refractivity contribution >= 4 is 23.3 Å². The number of aliphatic carboxylic acids is 1. The van der Waals surface area contributed by atoms with Gasteiger partial charge in [0.25, 0.3) is 0 Å². The number of nitrogens with zero attached hydrogens (tertiary/aromatic N) is 1. The summed E-state index contributed by atoms with van der Waals surface area (Å²) in [5.41, 5.74) is 1.85. The average molecular weight is 344 g/mol. The van der Waals surface area contributed by atoms with E-state index in [1.54, 1.807) is 0 Å². The summed E-state index contributed by atoms with van der Waals surface area (Å²) in [4.78, 5) is 26.5. The predicted molar refractivity (Wildman–Crippen MR) is 93.6 cm³/mol. The summed E-state index contributed by atoms with van der Waals surface area (Å²) in [6.45, 7) is 3.22. The molecule has 0 spiro atoms. The molecule has 1 heterocycles. The minimum atomic E-state index is -0.824. The van der Waals surface area contributed by atoms with Gasteiger partial charge in [-0.15, -0.1) is 0 Å². The van der Waals surface area contributed by atoms with Gasteiger partial charge >= 0.3 is 5.97 Å². The molecule has 2 N–H and O–H groups in total. The third-order valence-electron chi connectivity index (χ3n) is 6.02. The van der Waals surface area contributed by atoms with Gasteiger partial charge in [0.2, 0.25) is 5.91 Å². The standard InChI is InChI=1S/C19H24N2O4/c22-18(16-12-1-2-13(11-12)17(16)19(23)24)20-14-3-5-15(6-4-14)21-7-9-25-10-8-21/h3-6,12-13,16-17H,1-2,7-11H2,(H,20,22)(H,23,24)/t12-,13-,16-,17-/m0/s1. The van der Waals surface area contributed by atoms with E-state index in [1.165, 1.54) is 0 Å². The molecule has 25 heavy (non-hydrogen) atoms. The second kappa shape index (κ2) is 6.67. The number of benzene rings is 1. The first-order chi connectivity index (χ1) is 12.1. The Morgan fingerprint density at radius 3 is 2.32 bits per heavy atom. The maximum Gasteiger partial charge on any atom is 0.307 e. The Labute approximate surface area is 147 Å². The van der Waals surface area contributed by atoms with Crippen LogP contribution in [-0.4, -0.2) is 43.3 Å². The minimum Gasteiger partial charge on any atom is -0.481 e. The number of nitrogens with one attached hydrogen (secondary N) is 1. The van der Waals surface area contributed by atoms with Crippen LogP contribution >= 0.6 is 0 Å². The number of amides is 1. The molecule has 1 aliphatic heterocycles. The highest BCUT2D eigenvalue weighted by atomic mass is 16.5. The van der Waals surface area contributed by atoms with Gasteiger partial charge in [0.15, 0.2) is 0 Å². The molecule has 2 aliphatic carbocycles. The summed E-state index contributed by atoms with van der Waals surface area (Å²) in [6.07, 6.45) is 2.80. The maximum absolute atomic E-state index is 12.7. The van der Waals surface area contributed by atoms with Gasteiger partial charge in [-0.25, -0.2) is 0 Å². The average Bonchev–Trinajstić information content (AvgIpc) is 3.24. The van der Waals surface area contributed by atoms with Crippen LogP contribution in [0, 0.1) is 23.7 Å². The number of anilines is 2. The number of carboxylic acids is 1. The Morgan fingerprint density at radius 2 is 1.68 bits per heavy atom. The number of carbonyl (C=O) groups is 2. The Balaban J connectivity index is 1.43. The molecular weight excluding hydrogens is 320 g/mol. The summed E-state index contributed by atoms with van der Waals surface area (Å²) in [5.74, 6) is -1.49. The Morgan fingerprint density at radius 1 is 1.04 bits per heavy atom. The second-order valence-electron chi connectivity index (χ2n) is 7.36. The predicted octanol–water partition coefficient (Wildman–Crippen LogP) is 2.21. The molecule has 1 amide bonds. The number of hydrogen-bond donors (Lipinski definition) is 2. The second-order valence-corrected chi connectivity index (χ2v) is 7.36. The molecule has 0 unspecified atom stereocenters. The number of carboxylic acid groups (broad SMARTS) is 1. The van der Waals surface area contributed by atoms with Crippen LogP contribution in [0.25, 0.3) is 0 Å². The molecule has 2 bridgehead atoms. The lowest BCUT2D eigenvalue weighted by Crippen LogP contribution is -2.38. The fourth-order valence-corrected chi connectivity index (χ4v) is 4.83. The number of hydrogen-bond acceptors (Lipinski definition) is 4. The quantitative estimate of drug-likeness (QED) is 0.875. The minimum absolute atomic E-state index is 0.140. The van der Waals surface area contributed by atoms with Crippen molar-refractivity contribution < 1.29 is 19.4 Å². The number of rotatable bonds is 4. The molecule has 3 fully saturated rings. The van der Waals surface area contributed by atoms with Gasteiger partial charge in [-0.3, -0.25) is 9.59 Å². The molecule has 0 aromatic heterocycles. The van der Waals surface area contributed by atoms with Crippen LogP contribution in [0.4, 0.5) is 11.4 Å². The topological polar surface area (TPSA) is 78.9 Å². The molecule has 4 rings (SSSR count).